The van der Waals surface area contributed by atoms with Gasteiger partial charge < -0.3 is 15.1 Å². The number of thiophene rings is 1. The van der Waals surface area contributed by atoms with E-state index in [-0.39, 0.29) is 28.9 Å². The van der Waals surface area contributed by atoms with Crippen LogP contribution in [0.2, 0.25) is 0 Å². The SMILES string of the molecule is C[C@@](O)(c1ccc(N2CCN(S(=O)(=O)c3cccs3)C[C@H]2CN2CC(O)C2)cc1)C(F)(F)F. The van der Waals surface area contributed by atoms with Crippen molar-refractivity contribution in [3.05, 3.63) is 47.3 Å². The summed E-state index contributed by atoms with van der Waals surface area (Å²) in [7, 11) is -3.64. The maximum Gasteiger partial charge on any atom is 0.421 e. The van der Waals surface area contributed by atoms with Crippen LogP contribution in [0.25, 0.3) is 0 Å². The Kier molecular flexibility index (Phi) is 6.53. The fourth-order valence-electron chi connectivity index (χ4n) is 4.21. The molecule has 0 saturated carbocycles. The first-order valence-corrected chi connectivity index (χ1v) is 12.8. The lowest BCUT2D eigenvalue weighted by molar-refractivity contribution is -0.258. The molecule has 0 aliphatic carbocycles. The van der Waals surface area contributed by atoms with Crippen molar-refractivity contribution in [3.63, 3.8) is 0 Å². The van der Waals surface area contributed by atoms with Gasteiger partial charge in [-0.3, -0.25) is 4.90 Å². The highest BCUT2D eigenvalue weighted by molar-refractivity contribution is 7.91. The van der Waals surface area contributed by atoms with Crippen LogP contribution in [0.5, 0.6) is 0 Å². The van der Waals surface area contributed by atoms with E-state index >= 15 is 0 Å². The summed E-state index contributed by atoms with van der Waals surface area (Å²) in [5, 5.41) is 21.3. The molecule has 4 rings (SSSR count). The molecule has 0 spiro atoms. The quantitative estimate of drug-likeness (QED) is 0.626. The minimum atomic E-state index is -4.81. The Morgan fingerprint density at radius 2 is 1.76 bits per heavy atom. The van der Waals surface area contributed by atoms with Crippen molar-refractivity contribution in [2.24, 2.45) is 0 Å². The number of hydrogen-bond donors (Lipinski definition) is 2. The minimum absolute atomic E-state index is 0.217. The number of nitrogens with zero attached hydrogens (tertiary/aromatic N) is 3. The van der Waals surface area contributed by atoms with E-state index in [1.165, 1.54) is 28.6 Å². The third kappa shape index (κ3) is 4.77. The largest absolute Gasteiger partial charge is 0.421 e. The van der Waals surface area contributed by atoms with Crippen LogP contribution in [0, 0.1) is 0 Å². The summed E-state index contributed by atoms with van der Waals surface area (Å²) in [4.78, 5) is 4.00. The molecule has 2 aliphatic rings. The third-order valence-electron chi connectivity index (χ3n) is 6.25. The first kappa shape index (κ1) is 24.4. The van der Waals surface area contributed by atoms with E-state index < -0.39 is 27.9 Å². The average Bonchev–Trinajstić information content (AvgIpc) is 3.28. The number of rotatable bonds is 6. The molecule has 7 nitrogen and oxygen atoms in total. The highest BCUT2D eigenvalue weighted by Gasteiger charge is 2.51. The van der Waals surface area contributed by atoms with Crippen LogP contribution in [-0.4, -0.2) is 85.4 Å². The lowest BCUT2D eigenvalue weighted by atomic mass is 9.95. The number of aliphatic hydroxyl groups excluding tert-OH is 1. The summed E-state index contributed by atoms with van der Waals surface area (Å²) >= 11 is 1.16. The second-order valence-corrected chi connectivity index (χ2v) is 11.7. The smallest absolute Gasteiger partial charge is 0.390 e. The molecule has 2 atom stereocenters. The maximum absolute atomic E-state index is 13.2. The highest BCUT2D eigenvalue weighted by atomic mass is 32.2. The van der Waals surface area contributed by atoms with Gasteiger partial charge in [-0.1, -0.05) is 18.2 Å². The van der Waals surface area contributed by atoms with Gasteiger partial charge in [0.05, 0.1) is 12.1 Å². The predicted octanol–water partition coefficient (Wildman–Crippen LogP) is 2.07. The van der Waals surface area contributed by atoms with E-state index in [1.54, 1.807) is 17.5 Å². The maximum atomic E-state index is 13.2. The molecular weight excluding hydrogens is 479 g/mol. The molecule has 2 fully saturated rings. The molecular formula is C21H26F3N3O4S2. The Bertz CT molecular complexity index is 1050. The van der Waals surface area contributed by atoms with E-state index in [9.17, 15) is 31.8 Å². The molecule has 2 aromatic rings. The highest BCUT2D eigenvalue weighted by Crippen LogP contribution is 2.39. The van der Waals surface area contributed by atoms with E-state index in [4.69, 9.17) is 0 Å². The molecule has 2 N–H and O–H groups in total. The van der Waals surface area contributed by atoms with Crippen LogP contribution in [0.1, 0.15) is 12.5 Å². The molecule has 2 saturated heterocycles. The van der Waals surface area contributed by atoms with Crippen LogP contribution >= 0.6 is 11.3 Å². The number of benzene rings is 1. The second-order valence-electron chi connectivity index (χ2n) is 8.63. The summed E-state index contributed by atoms with van der Waals surface area (Å²) in [5.74, 6) is 0. The Labute approximate surface area is 194 Å². The van der Waals surface area contributed by atoms with Gasteiger partial charge in [0.2, 0.25) is 0 Å². The summed E-state index contributed by atoms with van der Waals surface area (Å²) < 4.78 is 67.3. The summed E-state index contributed by atoms with van der Waals surface area (Å²) in [6.07, 6.45) is -5.21. The molecule has 12 heteroatoms. The molecule has 2 aliphatic heterocycles. The Morgan fingerprint density at radius 3 is 2.30 bits per heavy atom. The summed E-state index contributed by atoms with van der Waals surface area (Å²) in [6, 6.07) is 8.55. The number of piperazine rings is 1. The number of sulfonamides is 1. The molecule has 0 radical (unpaired) electrons. The van der Waals surface area contributed by atoms with Crippen molar-refractivity contribution in [1.29, 1.82) is 0 Å². The lowest BCUT2D eigenvalue weighted by Gasteiger charge is -2.46. The van der Waals surface area contributed by atoms with Gasteiger partial charge in [0, 0.05) is 45.0 Å². The number of β-amino-alcohol motifs (C(OH)–C–C–N with tert-alkyl or cyclic N) is 1. The van der Waals surface area contributed by atoms with Gasteiger partial charge in [-0.2, -0.15) is 17.5 Å². The Hall–Kier alpha value is -1.70. The number of aliphatic hydroxyl groups is 2. The van der Waals surface area contributed by atoms with Crippen molar-refractivity contribution in [2.45, 2.75) is 35.1 Å². The molecule has 1 aromatic carbocycles. The van der Waals surface area contributed by atoms with E-state index in [1.807, 2.05) is 9.80 Å². The first-order valence-electron chi connectivity index (χ1n) is 10.5. The summed E-state index contributed by atoms with van der Waals surface area (Å²) in [6.45, 7) is 3.03. The molecule has 0 amide bonds. The van der Waals surface area contributed by atoms with Crippen LogP contribution in [-0.2, 0) is 15.6 Å². The zero-order chi connectivity index (χ0) is 24.0. The number of alkyl halides is 3. The molecule has 1 aromatic heterocycles. The number of anilines is 1. The third-order valence-corrected chi connectivity index (χ3v) is 9.49. The number of hydrogen-bond acceptors (Lipinski definition) is 7. The monoisotopic (exact) mass is 505 g/mol. The number of likely N-dealkylation sites (tertiary alicyclic amines) is 1. The minimum Gasteiger partial charge on any atom is -0.390 e. The standard InChI is InChI=1S/C21H26F3N3O4S2/c1-20(29,21(22,23)24)15-4-6-16(7-5-15)27-9-8-26(33(30,31)19-3-2-10-32-19)12-17(27)11-25-13-18(28)14-25/h2-7,10,17-18,28-29H,8-9,11-14H2,1H3/t17-,20-/m1/s1. The van der Waals surface area contributed by atoms with Crippen molar-refractivity contribution in [3.8, 4) is 0 Å². The molecule has 182 valence electrons. The van der Waals surface area contributed by atoms with Gasteiger partial charge in [0.15, 0.2) is 5.60 Å². The zero-order valence-corrected chi connectivity index (χ0v) is 19.6. The van der Waals surface area contributed by atoms with Crippen LogP contribution in [0.3, 0.4) is 0 Å². The first-order chi connectivity index (χ1) is 15.4. The zero-order valence-electron chi connectivity index (χ0n) is 17.9. The molecule has 0 bridgehead atoms. The van der Waals surface area contributed by atoms with Crippen molar-refractivity contribution >= 4 is 27.0 Å². The molecule has 33 heavy (non-hydrogen) atoms. The van der Waals surface area contributed by atoms with Gasteiger partial charge in [-0.05, 0) is 36.1 Å². The predicted molar refractivity (Wildman–Crippen MR) is 119 cm³/mol. The van der Waals surface area contributed by atoms with E-state index in [0.717, 1.165) is 11.3 Å². The fourth-order valence-corrected chi connectivity index (χ4v) is 6.82. The Balaban J connectivity index is 1.57. The lowest BCUT2D eigenvalue weighted by Crippen LogP contribution is -2.62. The fraction of sp³-hybridized carbons (Fsp3) is 0.524. The van der Waals surface area contributed by atoms with Gasteiger partial charge in [0.1, 0.15) is 4.21 Å². The Morgan fingerprint density at radius 1 is 1.09 bits per heavy atom. The van der Waals surface area contributed by atoms with Gasteiger partial charge in [0.25, 0.3) is 10.0 Å². The van der Waals surface area contributed by atoms with Crippen molar-refractivity contribution < 1.29 is 31.8 Å². The number of halogens is 3. The van der Waals surface area contributed by atoms with Gasteiger partial charge >= 0.3 is 6.18 Å². The van der Waals surface area contributed by atoms with Crippen LogP contribution in [0.4, 0.5) is 18.9 Å². The topological polar surface area (TPSA) is 84.3 Å². The van der Waals surface area contributed by atoms with Crippen LogP contribution < -0.4 is 4.90 Å². The van der Waals surface area contributed by atoms with Gasteiger partial charge in [-0.25, -0.2) is 8.42 Å². The molecule has 3 heterocycles. The van der Waals surface area contributed by atoms with E-state index in [0.29, 0.717) is 38.8 Å². The van der Waals surface area contributed by atoms with E-state index in [2.05, 4.69) is 0 Å². The van der Waals surface area contributed by atoms with Crippen molar-refractivity contribution in [1.82, 2.24) is 9.21 Å². The van der Waals surface area contributed by atoms with Gasteiger partial charge in [-0.15, -0.1) is 11.3 Å². The average molecular weight is 506 g/mol. The second kappa shape index (κ2) is 8.82. The summed E-state index contributed by atoms with van der Waals surface area (Å²) in [5.41, 5.74) is -2.58. The van der Waals surface area contributed by atoms with Crippen molar-refractivity contribution in [2.75, 3.05) is 44.2 Å². The van der Waals surface area contributed by atoms with Crippen LogP contribution in [0.15, 0.2) is 46.0 Å². The molecule has 0 unspecified atom stereocenters. The normalized spacial score (nSPS) is 23.3.